The van der Waals surface area contributed by atoms with Crippen molar-refractivity contribution in [2.75, 3.05) is 13.1 Å². The van der Waals surface area contributed by atoms with Gasteiger partial charge < -0.3 is 10.7 Å². The number of hydrogen-bond donors (Lipinski definition) is 2. The molecule has 0 fully saturated rings. The molecule has 0 aliphatic rings. The molecule has 3 rings (SSSR count). The maximum atomic E-state index is 5.67. The van der Waals surface area contributed by atoms with Crippen LogP contribution in [0.5, 0.6) is 0 Å². The Morgan fingerprint density at radius 3 is 2.72 bits per heavy atom. The normalized spacial score (nSPS) is 12.8. The largest absolute Gasteiger partial charge is 0.341 e. The summed E-state index contributed by atoms with van der Waals surface area (Å²) >= 11 is 0. The van der Waals surface area contributed by atoms with Gasteiger partial charge in [0.05, 0.1) is 23.3 Å². The lowest BCUT2D eigenvalue weighted by molar-refractivity contribution is 0.190. The van der Waals surface area contributed by atoms with Gasteiger partial charge in [-0.15, -0.1) is 0 Å². The number of nitrogens with two attached hydrogens (primary N) is 1. The third-order valence-electron chi connectivity index (χ3n) is 4.60. The smallest absolute Gasteiger partial charge is 0.121 e. The number of aromatic amines is 1. The number of aryl methyl sites for hydroxylation is 1. The molecule has 2 aromatic heterocycles. The number of nitrogens with zero attached hydrogens (tertiary/aromatic N) is 3. The Morgan fingerprint density at radius 1 is 1.16 bits per heavy atom. The van der Waals surface area contributed by atoms with Crippen LogP contribution in [0, 0.1) is 6.92 Å². The minimum atomic E-state index is 0.228. The van der Waals surface area contributed by atoms with Crippen molar-refractivity contribution in [3.63, 3.8) is 0 Å². The van der Waals surface area contributed by atoms with Gasteiger partial charge in [0.1, 0.15) is 5.82 Å². The number of aromatic nitrogens is 3. The number of fused-ring (bicyclic) bond motifs is 1. The van der Waals surface area contributed by atoms with Gasteiger partial charge in [-0.05, 0) is 63.5 Å². The molecule has 5 heteroatoms. The van der Waals surface area contributed by atoms with E-state index >= 15 is 0 Å². The summed E-state index contributed by atoms with van der Waals surface area (Å²) in [5.41, 5.74) is 10.0. The van der Waals surface area contributed by atoms with E-state index < -0.39 is 0 Å². The molecule has 0 saturated carbocycles. The Bertz CT molecular complexity index is 760. The van der Waals surface area contributed by atoms with Crippen molar-refractivity contribution in [3.05, 3.63) is 59.7 Å². The lowest BCUT2D eigenvalue weighted by Crippen LogP contribution is -2.29. The molecule has 3 N–H and O–H groups in total. The maximum Gasteiger partial charge on any atom is 0.121 e. The summed E-state index contributed by atoms with van der Waals surface area (Å²) in [6.07, 6.45) is 4.04. The Morgan fingerprint density at radius 2 is 2.00 bits per heavy atom. The van der Waals surface area contributed by atoms with E-state index in [4.69, 9.17) is 10.7 Å². The first kappa shape index (κ1) is 17.6. The summed E-state index contributed by atoms with van der Waals surface area (Å²) in [5.74, 6) is 0.993. The van der Waals surface area contributed by atoms with Crippen molar-refractivity contribution in [1.82, 2.24) is 19.9 Å². The molecule has 0 bridgehead atoms. The Hall–Kier alpha value is -2.24. The monoisotopic (exact) mass is 337 g/mol. The molecule has 1 atom stereocenters. The van der Waals surface area contributed by atoms with E-state index in [-0.39, 0.29) is 6.04 Å². The first-order valence-corrected chi connectivity index (χ1v) is 8.97. The molecular weight excluding hydrogens is 310 g/mol. The third-order valence-corrected chi connectivity index (χ3v) is 4.60. The second kappa shape index (κ2) is 8.23. The van der Waals surface area contributed by atoms with E-state index in [1.54, 1.807) is 0 Å². The summed E-state index contributed by atoms with van der Waals surface area (Å²) in [4.78, 5) is 15.2. The van der Waals surface area contributed by atoms with E-state index in [0.29, 0.717) is 0 Å². The van der Waals surface area contributed by atoms with E-state index in [0.717, 1.165) is 55.0 Å². The molecule has 0 amide bonds. The quantitative estimate of drug-likeness (QED) is 0.617. The SMILES string of the molecule is Cc1ccc(C(C)N(CCCCN)Cc2nc3ccccc3[nH]2)nc1. The van der Waals surface area contributed by atoms with Crippen LogP contribution >= 0.6 is 0 Å². The van der Waals surface area contributed by atoms with Gasteiger partial charge in [-0.3, -0.25) is 9.88 Å². The van der Waals surface area contributed by atoms with Gasteiger partial charge in [0.2, 0.25) is 0 Å². The Balaban J connectivity index is 1.79. The van der Waals surface area contributed by atoms with Crippen molar-refractivity contribution in [3.8, 4) is 0 Å². The Kier molecular flexibility index (Phi) is 5.79. The number of hydrogen-bond acceptors (Lipinski definition) is 4. The highest BCUT2D eigenvalue weighted by Gasteiger charge is 2.18. The maximum absolute atomic E-state index is 5.67. The van der Waals surface area contributed by atoms with E-state index in [1.165, 1.54) is 5.56 Å². The first-order chi connectivity index (χ1) is 12.2. The number of imidazole rings is 1. The number of unbranched alkanes of at least 4 members (excludes halogenated alkanes) is 1. The zero-order valence-corrected chi connectivity index (χ0v) is 15.1. The second-order valence-electron chi connectivity index (χ2n) is 6.60. The zero-order chi connectivity index (χ0) is 17.6. The second-order valence-corrected chi connectivity index (χ2v) is 6.60. The van der Waals surface area contributed by atoms with E-state index in [9.17, 15) is 0 Å². The van der Waals surface area contributed by atoms with Crippen LogP contribution in [0.2, 0.25) is 0 Å². The zero-order valence-electron chi connectivity index (χ0n) is 15.1. The molecule has 132 valence electrons. The van der Waals surface area contributed by atoms with Crippen molar-refractivity contribution in [1.29, 1.82) is 0 Å². The van der Waals surface area contributed by atoms with Crippen LogP contribution in [-0.4, -0.2) is 32.9 Å². The third kappa shape index (κ3) is 4.44. The molecule has 3 aromatic rings. The van der Waals surface area contributed by atoms with Gasteiger partial charge in [0.15, 0.2) is 0 Å². The Labute approximate surface area is 149 Å². The molecular formula is C20H27N5. The van der Waals surface area contributed by atoms with Crippen LogP contribution in [0.25, 0.3) is 11.0 Å². The molecule has 2 heterocycles. The molecule has 1 unspecified atom stereocenters. The van der Waals surface area contributed by atoms with Crippen LogP contribution in [0.4, 0.5) is 0 Å². The van der Waals surface area contributed by atoms with Gasteiger partial charge in [0.25, 0.3) is 0 Å². The average molecular weight is 337 g/mol. The van der Waals surface area contributed by atoms with Crippen LogP contribution in [-0.2, 0) is 6.54 Å². The summed E-state index contributed by atoms with van der Waals surface area (Å²) in [7, 11) is 0. The van der Waals surface area contributed by atoms with Crippen LogP contribution in [0.3, 0.4) is 0 Å². The number of para-hydroxylation sites is 2. The highest BCUT2D eigenvalue weighted by Crippen LogP contribution is 2.22. The predicted molar refractivity (Wildman–Crippen MR) is 102 cm³/mol. The van der Waals surface area contributed by atoms with Gasteiger partial charge in [-0.2, -0.15) is 0 Å². The minimum Gasteiger partial charge on any atom is -0.341 e. The topological polar surface area (TPSA) is 70.8 Å². The standard InChI is InChI=1S/C20H27N5/c1-15-9-10-17(22-13-15)16(2)25(12-6-5-11-21)14-20-23-18-7-3-4-8-19(18)24-20/h3-4,7-10,13,16H,5-6,11-12,14,21H2,1-2H3,(H,23,24). The number of benzene rings is 1. The van der Waals surface area contributed by atoms with Crippen LogP contribution in [0.1, 0.15) is 42.9 Å². The van der Waals surface area contributed by atoms with Gasteiger partial charge in [-0.25, -0.2) is 4.98 Å². The summed E-state index contributed by atoms with van der Waals surface area (Å²) in [6, 6.07) is 12.6. The summed E-state index contributed by atoms with van der Waals surface area (Å²) in [6.45, 7) is 6.76. The fourth-order valence-electron chi connectivity index (χ4n) is 3.06. The number of H-pyrrole nitrogens is 1. The van der Waals surface area contributed by atoms with Crippen molar-refractivity contribution >= 4 is 11.0 Å². The van der Waals surface area contributed by atoms with Crippen LogP contribution < -0.4 is 5.73 Å². The lowest BCUT2D eigenvalue weighted by atomic mass is 10.1. The van der Waals surface area contributed by atoms with Crippen molar-refractivity contribution < 1.29 is 0 Å². The fourth-order valence-corrected chi connectivity index (χ4v) is 3.06. The molecule has 0 aliphatic heterocycles. The highest BCUT2D eigenvalue weighted by atomic mass is 15.2. The van der Waals surface area contributed by atoms with E-state index in [2.05, 4.69) is 46.9 Å². The molecule has 0 radical (unpaired) electrons. The van der Waals surface area contributed by atoms with Crippen molar-refractivity contribution in [2.45, 2.75) is 39.3 Å². The lowest BCUT2D eigenvalue weighted by Gasteiger charge is -2.28. The first-order valence-electron chi connectivity index (χ1n) is 8.97. The summed E-state index contributed by atoms with van der Waals surface area (Å²) < 4.78 is 0. The highest BCUT2D eigenvalue weighted by molar-refractivity contribution is 5.74. The molecule has 1 aromatic carbocycles. The van der Waals surface area contributed by atoms with Gasteiger partial charge in [0, 0.05) is 12.2 Å². The molecule has 0 spiro atoms. The molecule has 0 aliphatic carbocycles. The summed E-state index contributed by atoms with van der Waals surface area (Å²) in [5, 5.41) is 0. The average Bonchev–Trinajstić information content (AvgIpc) is 3.03. The van der Waals surface area contributed by atoms with Gasteiger partial charge >= 0.3 is 0 Å². The molecule has 5 nitrogen and oxygen atoms in total. The van der Waals surface area contributed by atoms with Gasteiger partial charge in [-0.1, -0.05) is 18.2 Å². The molecule has 25 heavy (non-hydrogen) atoms. The number of nitrogens with one attached hydrogen (secondary N) is 1. The van der Waals surface area contributed by atoms with E-state index in [1.807, 2.05) is 24.4 Å². The fraction of sp³-hybridized carbons (Fsp3) is 0.400. The molecule has 0 saturated heterocycles. The number of rotatable bonds is 8. The number of pyridine rings is 1. The van der Waals surface area contributed by atoms with Crippen molar-refractivity contribution in [2.24, 2.45) is 5.73 Å². The minimum absolute atomic E-state index is 0.228. The van der Waals surface area contributed by atoms with Crippen LogP contribution in [0.15, 0.2) is 42.6 Å². The predicted octanol–water partition coefficient (Wildman–Crippen LogP) is 3.57.